The smallest absolute Gasteiger partial charge is 0.279 e. The van der Waals surface area contributed by atoms with E-state index in [0.29, 0.717) is 5.56 Å². The number of benzene rings is 1. The van der Waals surface area contributed by atoms with E-state index in [2.05, 4.69) is 4.72 Å². The zero-order valence-corrected chi connectivity index (χ0v) is 10.6. The molecule has 0 fully saturated rings. The molecule has 0 bridgehead atoms. The molecular formula is C10H16N4O2S. The Morgan fingerprint density at radius 2 is 2.12 bits per heavy atom. The molecular weight excluding hydrogens is 240 g/mol. The summed E-state index contributed by atoms with van der Waals surface area (Å²) < 4.78 is 26.5. The number of rotatable bonds is 5. The Morgan fingerprint density at radius 3 is 2.65 bits per heavy atom. The van der Waals surface area contributed by atoms with Crippen molar-refractivity contribution < 1.29 is 8.42 Å². The molecule has 0 aliphatic carbocycles. The van der Waals surface area contributed by atoms with Gasteiger partial charge >= 0.3 is 0 Å². The molecule has 1 aromatic carbocycles. The first kappa shape index (κ1) is 13.6. The van der Waals surface area contributed by atoms with Gasteiger partial charge in [-0.2, -0.15) is 17.4 Å². The van der Waals surface area contributed by atoms with Crippen LogP contribution in [-0.4, -0.2) is 32.7 Å². The standard InChI is InChI=1S/C10H16N4O2S/c1-14(2)17(15,16)13-7-8-4-3-5-9(6-8)10(11)12/h3-6,13H,7H2,1-2H3,(H3,11,12). The number of nitrogen functional groups attached to an aromatic ring is 1. The molecule has 6 nitrogen and oxygen atoms in total. The summed E-state index contributed by atoms with van der Waals surface area (Å²) in [6.45, 7) is 0.168. The van der Waals surface area contributed by atoms with Crippen molar-refractivity contribution in [2.24, 2.45) is 5.73 Å². The van der Waals surface area contributed by atoms with E-state index < -0.39 is 10.2 Å². The second kappa shape index (κ2) is 5.26. The third kappa shape index (κ3) is 3.81. The maximum Gasteiger partial charge on any atom is 0.279 e. The molecule has 4 N–H and O–H groups in total. The zero-order valence-electron chi connectivity index (χ0n) is 9.77. The van der Waals surface area contributed by atoms with Crippen LogP contribution in [0.25, 0.3) is 0 Å². The summed E-state index contributed by atoms with van der Waals surface area (Å²) in [7, 11) is -0.526. The predicted octanol–water partition coefficient (Wildman–Crippen LogP) is -0.133. The summed E-state index contributed by atoms with van der Waals surface area (Å²) in [4.78, 5) is 0. The minimum absolute atomic E-state index is 0.0395. The van der Waals surface area contributed by atoms with Gasteiger partial charge in [0.25, 0.3) is 10.2 Å². The van der Waals surface area contributed by atoms with Crippen LogP contribution in [0, 0.1) is 5.41 Å². The van der Waals surface area contributed by atoms with Gasteiger partial charge in [-0.25, -0.2) is 0 Å². The first-order chi connectivity index (χ1) is 7.83. The monoisotopic (exact) mass is 256 g/mol. The highest BCUT2D eigenvalue weighted by atomic mass is 32.2. The summed E-state index contributed by atoms with van der Waals surface area (Å²) in [6, 6.07) is 6.88. The molecule has 1 aromatic rings. The lowest BCUT2D eigenvalue weighted by molar-refractivity contribution is 0.505. The van der Waals surface area contributed by atoms with Gasteiger partial charge in [0.1, 0.15) is 5.84 Å². The van der Waals surface area contributed by atoms with Gasteiger partial charge in [0.2, 0.25) is 0 Å². The zero-order chi connectivity index (χ0) is 13.1. The van der Waals surface area contributed by atoms with Crippen molar-refractivity contribution in [2.45, 2.75) is 6.54 Å². The molecule has 0 aromatic heterocycles. The SMILES string of the molecule is CN(C)S(=O)(=O)NCc1cccc(C(=N)N)c1. The third-order valence-electron chi connectivity index (χ3n) is 2.18. The number of amidine groups is 1. The normalized spacial score (nSPS) is 11.7. The van der Waals surface area contributed by atoms with Crippen molar-refractivity contribution in [1.82, 2.24) is 9.03 Å². The molecule has 1 rings (SSSR count). The van der Waals surface area contributed by atoms with E-state index >= 15 is 0 Å². The molecule has 0 heterocycles. The fourth-order valence-corrected chi connectivity index (χ4v) is 1.76. The van der Waals surface area contributed by atoms with Gasteiger partial charge in [0, 0.05) is 26.2 Å². The van der Waals surface area contributed by atoms with Crippen LogP contribution in [0.3, 0.4) is 0 Å². The van der Waals surface area contributed by atoms with Gasteiger partial charge < -0.3 is 5.73 Å². The van der Waals surface area contributed by atoms with Crippen molar-refractivity contribution >= 4 is 16.0 Å². The molecule has 0 unspecified atom stereocenters. The maximum absolute atomic E-state index is 11.5. The van der Waals surface area contributed by atoms with E-state index in [1.54, 1.807) is 24.3 Å². The fraction of sp³-hybridized carbons (Fsp3) is 0.300. The van der Waals surface area contributed by atoms with Crippen LogP contribution >= 0.6 is 0 Å². The Kier molecular flexibility index (Phi) is 4.22. The highest BCUT2D eigenvalue weighted by Gasteiger charge is 2.12. The summed E-state index contributed by atoms with van der Waals surface area (Å²) in [5, 5.41) is 7.29. The highest BCUT2D eigenvalue weighted by Crippen LogP contribution is 2.05. The predicted molar refractivity (Wildman–Crippen MR) is 66.9 cm³/mol. The van der Waals surface area contributed by atoms with E-state index in [-0.39, 0.29) is 12.4 Å². The Balaban J connectivity index is 2.77. The minimum atomic E-state index is -3.43. The molecule has 0 spiro atoms. The number of nitrogens with zero attached hydrogens (tertiary/aromatic N) is 1. The Bertz CT molecular complexity index is 511. The van der Waals surface area contributed by atoms with Crippen molar-refractivity contribution in [3.05, 3.63) is 35.4 Å². The lowest BCUT2D eigenvalue weighted by atomic mass is 10.1. The summed E-state index contributed by atoms with van der Waals surface area (Å²) in [5.41, 5.74) is 6.68. The summed E-state index contributed by atoms with van der Waals surface area (Å²) in [5.74, 6) is -0.0395. The first-order valence-corrected chi connectivity index (χ1v) is 6.37. The topological polar surface area (TPSA) is 99.3 Å². The van der Waals surface area contributed by atoms with Crippen molar-refractivity contribution in [3.63, 3.8) is 0 Å². The quantitative estimate of drug-likeness (QED) is 0.505. The average Bonchev–Trinajstić information content (AvgIpc) is 2.26. The van der Waals surface area contributed by atoms with Crippen molar-refractivity contribution in [3.8, 4) is 0 Å². The van der Waals surface area contributed by atoms with Gasteiger partial charge in [-0.1, -0.05) is 18.2 Å². The van der Waals surface area contributed by atoms with Gasteiger partial charge in [0.15, 0.2) is 0 Å². The lowest BCUT2D eigenvalue weighted by Gasteiger charge is -2.12. The molecule has 0 aliphatic heterocycles. The van der Waals surface area contributed by atoms with Gasteiger partial charge in [-0.3, -0.25) is 5.41 Å². The van der Waals surface area contributed by atoms with Crippen LogP contribution in [-0.2, 0) is 16.8 Å². The van der Waals surface area contributed by atoms with Gasteiger partial charge in [0.05, 0.1) is 0 Å². The Hall–Kier alpha value is -1.44. The molecule has 17 heavy (non-hydrogen) atoms. The molecule has 0 amide bonds. The highest BCUT2D eigenvalue weighted by molar-refractivity contribution is 7.87. The Labute approximate surface area is 101 Å². The van der Waals surface area contributed by atoms with E-state index in [4.69, 9.17) is 11.1 Å². The van der Waals surface area contributed by atoms with E-state index in [0.717, 1.165) is 9.87 Å². The first-order valence-electron chi connectivity index (χ1n) is 4.93. The minimum Gasteiger partial charge on any atom is -0.384 e. The molecule has 0 saturated heterocycles. The van der Waals surface area contributed by atoms with Crippen LogP contribution in [0.2, 0.25) is 0 Å². The van der Waals surface area contributed by atoms with E-state index in [9.17, 15) is 8.42 Å². The van der Waals surface area contributed by atoms with Gasteiger partial charge in [-0.15, -0.1) is 0 Å². The number of nitrogens with one attached hydrogen (secondary N) is 2. The number of nitrogens with two attached hydrogens (primary N) is 1. The van der Waals surface area contributed by atoms with Crippen LogP contribution in [0.4, 0.5) is 0 Å². The van der Waals surface area contributed by atoms with Crippen LogP contribution in [0.5, 0.6) is 0 Å². The lowest BCUT2D eigenvalue weighted by Crippen LogP contribution is -2.35. The molecule has 94 valence electrons. The largest absolute Gasteiger partial charge is 0.384 e. The van der Waals surface area contributed by atoms with E-state index in [1.165, 1.54) is 14.1 Å². The Morgan fingerprint density at radius 1 is 1.47 bits per heavy atom. The molecule has 7 heteroatoms. The third-order valence-corrected chi connectivity index (χ3v) is 3.65. The second-order valence-corrected chi connectivity index (χ2v) is 5.69. The fourth-order valence-electron chi connectivity index (χ4n) is 1.15. The molecule has 0 saturated carbocycles. The average molecular weight is 256 g/mol. The number of hydrogen-bond acceptors (Lipinski definition) is 3. The summed E-state index contributed by atoms with van der Waals surface area (Å²) >= 11 is 0. The number of hydrogen-bond donors (Lipinski definition) is 3. The van der Waals surface area contributed by atoms with Crippen LogP contribution in [0.15, 0.2) is 24.3 Å². The van der Waals surface area contributed by atoms with Crippen LogP contribution in [0.1, 0.15) is 11.1 Å². The second-order valence-electron chi connectivity index (χ2n) is 3.72. The summed E-state index contributed by atoms with van der Waals surface area (Å²) in [6.07, 6.45) is 0. The maximum atomic E-state index is 11.5. The van der Waals surface area contributed by atoms with Gasteiger partial charge in [-0.05, 0) is 11.6 Å². The van der Waals surface area contributed by atoms with E-state index in [1.807, 2.05) is 0 Å². The molecule has 0 atom stereocenters. The van der Waals surface area contributed by atoms with Crippen LogP contribution < -0.4 is 10.5 Å². The van der Waals surface area contributed by atoms with Crippen molar-refractivity contribution in [2.75, 3.05) is 14.1 Å². The molecule has 0 radical (unpaired) electrons. The van der Waals surface area contributed by atoms with Crippen molar-refractivity contribution in [1.29, 1.82) is 5.41 Å². The molecule has 0 aliphatic rings.